The van der Waals surface area contributed by atoms with E-state index in [-0.39, 0.29) is 38.3 Å². The number of nitrogens with one attached hydrogen (secondary N) is 1. The first-order chi connectivity index (χ1) is 23.7. The van der Waals surface area contributed by atoms with Crippen LogP contribution in [0.25, 0.3) is 11.1 Å². The number of amides is 2. The maximum Gasteiger partial charge on any atom is 0.471 e. The minimum absolute atomic E-state index is 0.0438. The van der Waals surface area contributed by atoms with E-state index in [1.165, 1.54) is 11.8 Å². The van der Waals surface area contributed by atoms with E-state index < -0.39 is 30.3 Å². The lowest BCUT2D eigenvalue weighted by Gasteiger charge is -2.36. The van der Waals surface area contributed by atoms with Crippen molar-refractivity contribution in [1.29, 1.82) is 0 Å². The third-order valence-corrected chi connectivity index (χ3v) is 9.59. The van der Waals surface area contributed by atoms with E-state index in [1.807, 2.05) is 72.8 Å². The lowest BCUT2D eigenvalue weighted by Crippen LogP contribution is -2.50. The Hall–Kier alpha value is -4.30. The van der Waals surface area contributed by atoms with E-state index in [2.05, 4.69) is 15.3 Å². The van der Waals surface area contributed by atoms with E-state index in [0.717, 1.165) is 33.4 Å². The average molecular weight is 693 g/mol. The lowest BCUT2D eigenvalue weighted by molar-refractivity contribution is -0.245. The summed E-state index contributed by atoms with van der Waals surface area (Å²) < 4.78 is 52.1. The largest absolute Gasteiger partial charge is 0.471 e. The molecule has 2 aliphatic heterocycles. The average Bonchev–Trinajstić information content (AvgIpc) is 3.63. The molecule has 2 saturated heterocycles. The van der Waals surface area contributed by atoms with Crippen LogP contribution in [0.4, 0.5) is 13.2 Å². The van der Waals surface area contributed by atoms with Gasteiger partial charge in [0.2, 0.25) is 5.91 Å². The van der Waals surface area contributed by atoms with Crippen LogP contribution in [0.3, 0.4) is 0 Å². The van der Waals surface area contributed by atoms with Crippen molar-refractivity contribution in [2.24, 2.45) is 0 Å². The van der Waals surface area contributed by atoms with Crippen LogP contribution in [0, 0.1) is 0 Å². The van der Waals surface area contributed by atoms with Crippen molar-refractivity contribution in [3.8, 4) is 11.1 Å². The molecule has 2 amide bonds. The number of aliphatic hydroxyl groups is 1. The number of alkyl halides is 3. The molecule has 49 heavy (non-hydrogen) atoms. The third-order valence-electron chi connectivity index (χ3n) is 8.58. The highest BCUT2D eigenvalue weighted by Crippen LogP contribution is 2.40. The zero-order chi connectivity index (χ0) is 34.4. The number of hydrogen-bond donors (Lipinski definition) is 2. The summed E-state index contributed by atoms with van der Waals surface area (Å²) in [6.45, 7) is -0.0687. The van der Waals surface area contributed by atoms with Gasteiger partial charge in [-0.15, -0.1) is 0 Å². The zero-order valence-electron chi connectivity index (χ0n) is 26.4. The summed E-state index contributed by atoms with van der Waals surface area (Å²) in [4.78, 5) is 34.0. The summed E-state index contributed by atoms with van der Waals surface area (Å²) in [6.07, 6.45) is -1.57. The Bertz CT molecular complexity index is 1730. The van der Waals surface area contributed by atoms with Gasteiger partial charge in [0, 0.05) is 43.2 Å². The smallest absolute Gasteiger partial charge is 0.392 e. The Kier molecular flexibility index (Phi) is 10.9. The molecule has 0 saturated carbocycles. The van der Waals surface area contributed by atoms with Crippen molar-refractivity contribution in [1.82, 2.24) is 20.2 Å². The number of carbonyl (C=O) groups is 2. The highest BCUT2D eigenvalue weighted by molar-refractivity contribution is 7.99. The maximum absolute atomic E-state index is 13.1. The molecule has 2 aliphatic rings. The number of aliphatic hydroxyl groups excluding tert-OH is 1. The summed E-state index contributed by atoms with van der Waals surface area (Å²) >= 11 is 1.51. The van der Waals surface area contributed by atoms with Crippen molar-refractivity contribution in [3.63, 3.8) is 0 Å². The van der Waals surface area contributed by atoms with Gasteiger partial charge in [-0.3, -0.25) is 9.59 Å². The van der Waals surface area contributed by atoms with Crippen LogP contribution in [0.15, 0.2) is 96.4 Å². The molecule has 9 nitrogen and oxygen atoms in total. The van der Waals surface area contributed by atoms with Gasteiger partial charge >= 0.3 is 12.1 Å². The van der Waals surface area contributed by atoms with Gasteiger partial charge in [-0.05, 0) is 46.7 Å². The monoisotopic (exact) mass is 692 g/mol. The summed E-state index contributed by atoms with van der Waals surface area (Å²) in [5.41, 5.74) is 5.08. The van der Waals surface area contributed by atoms with Gasteiger partial charge in [0.05, 0.1) is 18.8 Å². The fraction of sp³-hybridized carbons (Fsp3) is 0.333. The van der Waals surface area contributed by atoms with Crippen LogP contribution >= 0.6 is 11.8 Å². The van der Waals surface area contributed by atoms with Gasteiger partial charge in [0.1, 0.15) is 6.04 Å². The van der Waals surface area contributed by atoms with Crippen LogP contribution in [0.5, 0.6) is 0 Å². The fourth-order valence-corrected chi connectivity index (χ4v) is 6.89. The molecule has 2 fully saturated rings. The molecule has 4 aromatic rings. The summed E-state index contributed by atoms with van der Waals surface area (Å²) in [6, 6.07) is 23.5. The predicted molar refractivity (Wildman–Crippen MR) is 176 cm³/mol. The van der Waals surface area contributed by atoms with Gasteiger partial charge in [-0.1, -0.05) is 84.6 Å². The van der Waals surface area contributed by atoms with E-state index in [1.54, 1.807) is 18.5 Å². The second-order valence-electron chi connectivity index (χ2n) is 11.8. The van der Waals surface area contributed by atoms with E-state index >= 15 is 0 Å². The second-order valence-corrected chi connectivity index (χ2v) is 12.8. The van der Waals surface area contributed by atoms with E-state index in [9.17, 15) is 27.9 Å². The molecule has 6 rings (SSSR count). The number of hydrogen-bond acceptors (Lipinski definition) is 8. The van der Waals surface area contributed by atoms with Crippen molar-refractivity contribution in [3.05, 3.63) is 114 Å². The lowest BCUT2D eigenvalue weighted by atomic mass is 9.97. The van der Waals surface area contributed by atoms with Crippen molar-refractivity contribution in [2.75, 3.05) is 12.3 Å². The number of ether oxygens (including phenoxy) is 2. The van der Waals surface area contributed by atoms with Crippen molar-refractivity contribution in [2.45, 2.75) is 68.3 Å². The molecule has 2 N–H and O–H groups in total. The van der Waals surface area contributed by atoms with Crippen molar-refractivity contribution >= 4 is 23.6 Å². The van der Waals surface area contributed by atoms with E-state index in [0.29, 0.717) is 28.7 Å². The van der Waals surface area contributed by atoms with Crippen LogP contribution < -0.4 is 5.32 Å². The van der Waals surface area contributed by atoms with Gasteiger partial charge in [0.25, 0.3) is 0 Å². The Morgan fingerprint density at radius 1 is 0.939 bits per heavy atom. The maximum atomic E-state index is 13.1. The first-order valence-electron chi connectivity index (χ1n) is 15.9. The molecule has 256 valence electrons. The highest BCUT2D eigenvalue weighted by atomic mass is 32.2. The number of thioether (sulfide) groups is 1. The fourth-order valence-electron chi connectivity index (χ4n) is 6.07. The molecule has 0 radical (unpaired) electrons. The van der Waals surface area contributed by atoms with E-state index in [4.69, 9.17) is 9.47 Å². The molecule has 0 bridgehead atoms. The van der Waals surface area contributed by atoms with Crippen LogP contribution in [-0.2, 0) is 32.2 Å². The summed E-state index contributed by atoms with van der Waals surface area (Å²) in [5, 5.41) is 12.9. The Morgan fingerprint density at radius 2 is 1.65 bits per heavy atom. The molecule has 13 heteroatoms. The van der Waals surface area contributed by atoms with Gasteiger partial charge in [-0.25, -0.2) is 9.97 Å². The Balaban J connectivity index is 1.16. The molecular weight excluding hydrogens is 657 g/mol. The van der Waals surface area contributed by atoms with Crippen LogP contribution in [0.1, 0.15) is 53.9 Å². The third kappa shape index (κ3) is 8.47. The molecule has 0 spiro atoms. The topological polar surface area (TPSA) is 114 Å². The molecular formula is C36H35F3N4O5S. The number of nitrogens with zero attached hydrogens (tertiary/aromatic N) is 3. The molecule has 0 aliphatic carbocycles. The number of benzene rings is 3. The molecule has 4 unspecified atom stereocenters. The zero-order valence-corrected chi connectivity index (χ0v) is 27.2. The SMILES string of the molecule is O=C(NCc1ccccc1-c1ccc(C2OC(CSc3ncccn3)CC(c3ccc(CO)cc3)O2)cc1)C1CCCN1C(=O)C(F)(F)F. The number of likely N-dealkylation sites (tertiary alicyclic amines) is 1. The van der Waals surface area contributed by atoms with Gasteiger partial charge in [0.15, 0.2) is 11.4 Å². The number of aromatic nitrogens is 2. The summed E-state index contributed by atoms with van der Waals surface area (Å²) in [5.74, 6) is -1.98. The molecule has 4 atom stereocenters. The molecule has 3 heterocycles. The molecule has 3 aromatic carbocycles. The van der Waals surface area contributed by atoms with Crippen molar-refractivity contribution < 1.29 is 37.3 Å². The number of carbonyl (C=O) groups excluding carboxylic acids is 2. The minimum Gasteiger partial charge on any atom is -0.392 e. The molecule has 1 aromatic heterocycles. The number of halogens is 3. The quantitative estimate of drug-likeness (QED) is 0.151. The standard InChI is InChI=1S/C36H35F3N4O5S/c37-36(38,39)34(46)43-18-3-7-30(43)32(45)42-20-27-5-1-2-6-29(27)24-12-14-26(15-13-24)33-47-28(22-49-35-40-16-4-17-41-35)19-31(48-33)25-10-8-23(21-44)9-11-25/h1-2,4-6,8-17,28,30-31,33,44H,3,7,18-22H2,(H,42,45). The first-order valence-corrected chi connectivity index (χ1v) is 16.9. The normalized spacial score (nSPS) is 21.0. The highest BCUT2D eigenvalue weighted by Gasteiger charge is 2.47. The minimum atomic E-state index is -5.03. The Morgan fingerprint density at radius 3 is 2.37 bits per heavy atom. The van der Waals surface area contributed by atoms with Crippen LogP contribution in [0.2, 0.25) is 0 Å². The predicted octanol–water partition coefficient (Wildman–Crippen LogP) is 6.14. The number of rotatable bonds is 10. The Labute approximate surface area is 285 Å². The van der Waals surface area contributed by atoms with Gasteiger partial charge < -0.3 is 24.8 Å². The summed E-state index contributed by atoms with van der Waals surface area (Å²) in [7, 11) is 0. The van der Waals surface area contributed by atoms with Gasteiger partial charge in [-0.2, -0.15) is 13.2 Å². The first kappa shape index (κ1) is 34.6. The van der Waals surface area contributed by atoms with Crippen LogP contribution in [-0.4, -0.2) is 62.4 Å². The second kappa shape index (κ2) is 15.5.